The van der Waals surface area contributed by atoms with Gasteiger partial charge in [-0.1, -0.05) is 65.2 Å². The van der Waals surface area contributed by atoms with Gasteiger partial charge in [0.25, 0.3) is 0 Å². The van der Waals surface area contributed by atoms with E-state index in [2.05, 4.69) is 26.2 Å². The molecule has 0 saturated heterocycles. The first-order valence-electron chi connectivity index (χ1n) is 10.6. The van der Waals surface area contributed by atoms with E-state index in [1.165, 1.54) is 89.0 Å². The summed E-state index contributed by atoms with van der Waals surface area (Å²) in [7, 11) is 0. The Labute approximate surface area is 149 Å². The molecule has 0 aliphatic heterocycles. The minimum absolute atomic E-state index is 0.617. The standard InChI is InChI=1S/C22H38N2/c1-3-5-7-8-10-11-19-13-15-21(16-14-19)22-23-17-20(18-24-22)12-9-6-4-2/h17-19,21H,3-16H2,1-2H3. The Kier molecular flexibility index (Phi) is 9.38. The molecular weight excluding hydrogens is 292 g/mol. The predicted octanol–water partition coefficient (Wildman–Crippen LogP) is 6.84. The summed E-state index contributed by atoms with van der Waals surface area (Å²) in [4.78, 5) is 9.38. The second-order valence-electron chi connectivity index (χ2n) is 7.83. The maximum absolute atomic E-state index is 4.69. The van der Waals surface area contributed by atoms with Gasteiger partial charge in [-0.25, -0.2) is 9.97 Å². The van der Waals surface area contributed by atoms with Crippen LogP contribution in [-0.4, -0.2) is 9.97 Å². The first-order chi connectivity index (χ1) is 11.8. The smallest absolute Gasteiger partial charge is 0.131 e. The molecule has 0 unspecified atom stereocenters. The average Bonchev–Trinajstić information content (AvgIpc) is 2.63. The number of hydrogen-bond acceptors (Lipinski definition) is 2. The van der Waals surface area contributed by atoms with Gasteiger partial charge in [0.2, 0.25) is 0 Å². The maximum Gasteiger partial charge on any atom is 0.131 e. The van der Waals surface area contributed by atoms with Gasteiger partial charge in [-0.3, -0.25) is 0 Å². The van der Waals surface area contributed by atoms with E-state index in [1.54, 1.807) is 0 Å². The van der Waals surface area contributed by atoms with Crippen molar-refractivity contribution in [2.75, 3.05) is 0 Å². The lowest BCUT2D eigenvalue weighted by atomic mass is 9.79. The van der Waals surface area contributed by atoms with Gasteiger partial charge < -0.3 is 0 Å². The molecule has 1 fully saturated rings. The third kappa shape index (κ3) is 6.91. The van der Waals surface area contributed by atoms with Gasteiger partial charge >= 0.3 is 0 Å². The topological polar surface area (TPSA) is 25.8 Å². The van der Waals surface area contributed by atoms with Crippen molar-refractivity contribution in [1.29, 1.82) is 0 Å². The molecular formula is C22H38N2. The lowest BCUT2D eigenvalue weighted by Crippen LogP contribution is -2.15. The van der Waals surface area contributed by atoms with E-state index in [0.717, 1.165) is 18.2 Å². The molecule has 2 heteroatoms. The largest absolute Gasteiger partial charge is 0.241 e. The molecule has 1 aromatic rings. The van der Waals surface area contributed by atoms with Crippen LogP contribution in [0.4, 0.5) is 0 Å². The van der Waals surface area contributed by atoms with Crippen molar-refractivity contribution in [1.82, 2.24) is 9.97 Å². The second-order valence-corrected chi connectivity index (χ2v) is 7.83. The summed E-state index contributed by atoms with van der Waals surface area (Å²) in [6, 6.07) is 0. The Balaban J connectivity index is 1.66. The normalized spacial score (nSPS) is 21.1. The molecule has 24 heavy (non-hydrogen) atoms. The first-order valence-corrected chi connectivity index (χ1v) is 10.6. The maximum atomic E-state index is 4.69. The third-order valence-corrected chi connectivity index (χ3v) is 5.72. The van der Waals surface area contributed by atoms with Gasteiger partial charge in [-0.15, -0.1) is 0 Å². The molecule has 0 atom stereocenters. The second kappa shape index (κ2) is 11.6. The van der Waals surface area contributed by atoms with Crippen LogP contribution in [0.2, 0.25) is 0 Å². The Morgan fingerprint density at radius 1 is 0.792 bits per heavy atom. The Morgan fingerprint density at radius 3 is 2.08 bits per heavy atom. The molecule has 1 heterocycles. The van der Waals surface area contributed by atoms with E-state index in [1.807, 2.05) is 0 Å². The van der Waals surface area contributed by atoms with Crippen LogP contribution in [0.15, 0.2) is 12.4 Å². The summed E-state index contributed by atoms with van der Waals surface area (Å²) in [6.07, 6.45) is 23.1. The molecule has 1 aromatic heterocycles. The molecule has 0 aromatic carbocycles. The van der Waals surface area contributed by atoms with Gasteiger partial charge in [-0.2, -0.15) is 0 Å². The van der Waals surface area contributed by atoms with Crippen LogP contribution in [0.3, 0.4) is 0 Å². The fourth-order valence-corrected chi connectivity index (χ4v) is 4.03. The summed E-state index contributed by atoms with van der Waals surface area (Å²) in [6.45, 7) is 4.54. The average molecular weight is 331 g/mol. The van der Waals surface area contributed by atoms with Crippen LogP contribution in [0.1, 0.15) is 115 Å². The highest BCUT2D eigenvalue weighted by molar-refractivity contribution is 5.08. The van der Waals surface area contributed by atoms with E-state index in [-0.39, 0.29) is 0 Å². The van der Waals surface area contributed by atoms with Crippen LogP contribution in [0.25, 0.3) is 0 Å². The summed E-state index contributed by atoms with van der Waals surface area (Å²) in [5.74, 6) is 2.69. The van der Waals surface area contributed by atoms with E-state index in [4.69, 9.17) is 9.97 Å². The molecule has 1 saturated carbocycles. The monoisotopic (exact) mass is 330 g/mol. The highest BCUT2D eigenvalue weighted by Gasteiger charge is 2.23. The molecule has 0 radical (unpaired) electrons. The van der Waals surface area contributed by atoms with Crippen LogP contribution in [0, 0.1) is 5.92 Å². The number of hydrogen-bond donors (Lipinski definition) is 0. The molecule has 0 bridgehead atoms. The van der Waals surface area contributed by atoms with Gasteiger partial charge in [0.15, 0.2) is 0 Å². The number of aryl methyl sites for hydroxylation is 1. The van der Waals surface area contributed by atoms with E-state index in [9.17, 15) is 0 Å². The zero-order valence-corrected chi connectivity index (χ0v) is 16.1. The van der Waals surface area contributed by atoms with Crippen molar-refractivity contribution in [3.63, 3.8) is 0 Å². The Hall–Kier alpha value is -0.920. The van der Waals surface area contributed by atoms with Crippen molar-refractivity contribution in [3.05, 3.63) is 23.8 Å². The molecule has 0 N–H and O–H groups in total. The van der Waals surface area contributed by atoms with Crippen LogP contribution < -0.4 is 0 Å². The quantitative estimate of drug-likeness (QED) is 0.415. The zero-order chi connectivity index (χ0) is 17.0. The third-order valence-electron chi connectivity index (χ3n) is 5.72. The van der Waals surface area contributed by atoms with Crippen LogP contribution in [0.5, 0.6) is 0 Å². The minimum atomic E-state index is 0.617. The molecule has 0 amide bonds. The number of unbranched alkanes of at least 4 members (excludes halogenated alkanes) is 6. The summed E-state index contributed by atoms with van der Waals surface area (Å²) in [5.41, 5.74) is 1.31. The zero-order valence-electron chi connectivity index (χ0n) is 16.1. The highest BCUT2D eigenvalue weighted by Crippen LogP contribution is 2.36. The number of nitrogens with zero attached hydrogens (tertiary/aromatic N) is 2. The van der Waals surface area contributed by atoms with Crippen molar-refractivity contribution < 1.29 is 0 Å². The fraction of sp³-hybridized carbons (Fsp3) is 0.818. The Bertz CT molecular complexity index is 418. The minimum Gasteiger partial charge on any atom is -0.241 e. The van der Waals surface area contributed by atoms with Gasteiger partial charge in [0, 0.05) is 18.3 Å². The number of aromatic nitrogens is 2. The number of rotatable bonds is 11. The molecule has 1 aliphatic rings. The first kappa shape index (κ1) is 19.4. The molecule has 2 nitrogen and oxygen atoms in total. The molecule has 136 valence electrons. The van der Waals surface area contributed by atoms with Crippen molar-refractivity contribution in [2.45, 2.75) is 110 Å². The lowest BCUT2D eigenvalue weighted by Gasteiger charge is -2.27. The Morgan fingerprint density at radius 2 is 1.42 bits per heavy atom. The fourth-order valence-electron chi connectivity index (χ4n) is 4.03. The summed E-state index contributed by atoms with van der Waals surface area (Å²) < 4.78 is 0. The van der Waals surface area contributed by atoms with E-state index >= 15 is 0 Å². The van der Waals surface area contributed by atoms with Gasteiger partial charge in [0.05, 0.1) is 0 Å². The predicted molar refractivity (Wildman–Crippen MR) is 103 cm³/mol. The summed E-state index contributed by atoms with van der Waals surface area (Å²) in [5, 5.41) is 0. The van der Waals surface area contributed by atoms with Crippen LogP contribution >= 0.6 is 0 Å². The van der Waals surface area contributed by atoms with E-state index in [0.29, 0.717) is 5.92 Å². The van der Waals surface area contributed by atoms with E-state index < -0.39 is 0 Å². The lowest BCUT2D eigenvalue weighted by molar-refractivity contribution is 0.296. The summed E-state index contributed by atoms with van der Waals surface area (Å²) >= 11 is 0. The van der Waals surface area contributed by atoms with Crippen molar-refractivity contribution >= 4 is 0 Å². The van der Waals surface area contributed by atoms with Crippen molar-refractivity contribution in [3.8, 4) is 0 Å². The van der Waals surface area contributed by atoms with Crippen LogP contribution in [-0.2, 0) is 6.42 Å². The molecule has 1 aliphatic carbocycles. The van der Waals surface area contributed by atoms with Crippen molar-refractivity contribution in [2.24, 2.45) is 5.92 Å². The SMILES string of the molecule is CCCCCCCC1CCC(c2ncc(CCCCC)cn2)CC1. The molecule has 0 spiro atoms. The van der Waals surface area contributed by atoms with Gasteiger partial charge in [-0.05, 0) is 50.0 Å². The molecule has 2 rings (SSSR count). The van der Waals surface area contributed by atoms with Gasteiger partial charge in [0.1, 0.15) is 5.82 Å². The highest BCUT2D eigenvalue weighted by atomic mass is 14.9.